The molecule has 3 rings (SSSR count). The third-order valence-electron chi connectivity index (χ3n) is 4.10. The SMILES string of the molecule is CCCn1c(=NC(=O)c2cccc(C)c2)sc2cc(OC)c(OC)cc21. The molecule has 0 unspecified atom stereocenters. The molecule has 0 fully saturated rings. The van der Waals surface area contributed by atoms with Crippen molar-refractivity contribution in [2.24, 2.45) is 4.99 Å². The van der Waals surface area contributed by atoms with Gasteiger partial charge in [0.25, 0.3) is 5.91 Å². The van der Waals surface area contributed by atoms with Crippen LogP contribution in [0.15, 0.2) is 41.4 Å². The molecule has 1 heterocycles. The molecule has 6 heteroatoms. The first-order chi connectivity index (χ1) is 12.6. The molecular weight excluding hydrogens is 348 g/mol. The van der Waals surface area contributed by atoms with E-state index in [9.17, 15) is 4.79 Å². The zero-order valence-electron chi connectivity index (χ0n) is 15.4. The van der Waals surface area contributed by atoms with Crippen LogP contribution in [-0.4, -0.2) is 24.7 Å². The summed E-state index contributed by atoms with van der Waals surface area (Å²) in [7, 11) is 3.23. The van der Waals surface area contributed by atoms with Gasteiger partial charge in [-0.05, 0) is 25.5 Å². The Morgan fingerprint density at radius 1 is 1.15 bits per heavy atom. The second-order valence-corrected chi connectivity index (χ2v) is 7.01. The van der Waals surface area contributed by atoms with Crippen molar-refractivity contribution in [3.05, 3.63) is 52.3 Å². The number of fused-ring (bicyclic) bond motifs is 1. The fourth-order valence-electron chi connectivity index (χ4n) is 2.85. The summed E-state index contributed by atoms with van der Waals surface area (Å²) in [5.41, 5.74) is 2.63. The van der Waals surface area contributed by atoms with Crippen LogP contribution in [0.4, 0.5) is 0 Å². The first kappa shape index (κ1) is 18.2. The number of ether oxygens (including phenoxy) is 2. The largest absolute Gasteiger partial charge is 0.493 e. The molecule has 0 aliphatic heterocycles. The summed E-state index contributed by atoms with van der Waals surface area (Å²) in [5.74, 6) is 1.10. The van der Waals surface area contributed by atoms with Crippen LogP contribution in [0, 0.1) is 6.92 Å². The molecule has 0 spiro atoms. The normalized spacial score (nSPS) is 11.8. The third-order valence-corrected chi connectivity index (χ3v) is 5.14. The summed E-state index contributed by atoms with van der Waals surface area (Å²) >= 11 is 1.48. The van der Waals surface area contributed by atoms with Crippen molar-refractivity contribution in [3.63, 3.8) is 0 Å². The van der Waals surface area contributed by atoms with Crippen LogP contribution in [0.2, 0.25) is 0 Å². The number of carbonyl (C=O) groups is 1. The van der Waals surface area contributed by atoms with E-state index in [0.717, 1.165) is 28.7 Å². The Morgan fingerprint density at radius 2 is 1.88 bits per heavy atom. The number of benzene rings is 2. The predicted molar refractivity (Wildman–Crippen MR) is 104 cm³/mol. The van der Waals surface area contributed by atoms with Gasteiger partial charge in [0.1, 0.15) is 0 Å². The summed E-state index contributed by atoms with van der Waals surface area (Å²) in [5, 5.41) is 0. The first-order valence-corrected chi connectivity index (χ1v) is 9.30. The maximum Gasteiger partial charge on any atom is 0.279 e. The molecule has 1 amide bonds. The van der Waals surface area contributed by atoms with Gasteiger partial charge in [-0.1, -0.05) is 36.0 Å². The van der Waals surface area contributed by atoms with Crippen LogP contribution in [0.25, 0.3) is 10.2 Å². The number of rotatable bonds is 5. The molecule has 0 saturated heterocycles. The smallest absolute Gasteiger partial charge is 0.279 e. The number of nitrogens with zero attached hydrogens (tertiary/aromatic N) is 2. The van der Waals surface area contributed by atoms with Crippen molar-refractivity contribution in [1.29, 1.82) is 0 Å². The maximum atomic E-state index is 12.6. The van der Waals surface area contributed by atoms with Crippen LogP contribution in [0.3, 0.4) is 0 Å². The molecule has 0 N–H and O–H groups in total. The molecule has 1 aromatic heterocycles. The fourth-order valence-corrected chi connectivity index (χ4v) is 3.92. The number of aromatic nitrogens is 1. The molecule has 2 aromatic carbocycles. The Kier molecular flexibility index (Phi) is 5.42. The van der Waals surface area contributed by atoms with Crippen LogP contribution >= 0.6 is 11.3 Å². The summed E-state index contributed by atoms with van der Waals surface area (Å²) < 4.78 is 13.9. The number of methoxy groups -OCH3 is 2. The monoisotopic (exact) mass is 370 g/mol. The highest BCUT2D eigenvalue weighted by molar-refractivity contribution is 7.16. The molecule has 3 aromatic rings. The quantitative estimate of drug-likeness (QED) is 0.677. The average molecular weight is 370 g/mol. The highest BCUT2D eigenvalue weighted by Gasteiger charge is 2.13. The van der Waals surface area contributed by atoms with E-state index in [4.69, 9.17) is 9.47 Å². The minimum Gasteiger partial charge on any atom is -0.493 e. The molecule has 136 valence electrons. The van der Waals surface area contributed by atoms with Crippen LogP contribution < -0.4 is 14.3 Å². The van der Waals surface area contributed by atoms with Crippen molar-refractivity contribution in [1.82, 2.24) is 4.57 Å². The van der Waals surface area contributed by atoms with Gasteiger partial charge >= 0.3 is 0 Å². The first-order valence-electron chi connectivity index (χ1n) is 8.48. The van der Waals surface area contributed by atoms with Gasteiger partial charge in [-0.15, -0.1) is 0 Å². The highest BCUT2D eigenvalue weighted by Crippen LogP contribution is 2.33. The number of hydrogen-bond donors (Lipinski definition) is 0. The number of carbonyl (C=O) groups excluding carboxylic acids is 1. The van der Waals surface area contributed by atoms with Crippen LogP contribution in [0.1, 0.15) is 29.3 Å². The van der Waals surface area contributed by atoms with E-state index >= 15 is 0 Å². The zero-order valence-corrected chi connectivity index (χ0v) is 16.2. The Hall–Kier alpha value is -2.60. The Morgan fingerprint density at radius 3 is 2.54 bits per heavy atom. The van der Waals surface area contributed by atoms with Gasteiger partial charge in [-0.3, -0.25) is 4.79 Å². The van der Waals surface area contributed by atoms with E-state index in [0.29, 0.717) is 21.9 Å². The van der Waals surface area contributed by atoms with Gasteiger partial charge in [-0.25, -0.2) is 0 Å². The van der Waals surface area contributed by atoms with Crippen LogP contribution in [-0.2, 0) is 6.54 Å². The Balaban J connectivity index is 2.18. The number of thiazole rings is 1. The standard InChI is InChI=1S/C20H22N2O3S/c1-5-9-22-15-11-16(24-3)17(25-4)12-18(15)26-20(22)21-19(23)14-8-6-7-13(2)10-14/h6-8,10-12H,5,9H2,1-4H3. The molecule has 0 bridgehead atoms. The van der Waals surface area contributed by atoms with E-state index in [1.54, 1.807) is 20.3 Å². The molecule has 5 nitrogen and oxygen atoms in total. The molecule has 0 saturated carbocycles. The van der Waals surface area contributed by atoms with Crippen molar-refractivity contribution < 1.29 is 14.3 Å². The van der Waals surface area contributed by atoms with Gasteiger partial charge in [0.15, 0.2) is 16.3 Å². The van der Waals surface area contributed by atoms with Gasteiger partial charge in [-0.2, -0.15) is 4.99 Å². The molecule has 0 radical (unpaired) electrons. The lowest BCUT2D eigenvalue weighted by Crippen LogP contribution is -2.17. The van der Waals surface area contributed by atoms with Gasteiger partial charge in [0.2, 0.25) is 0 Å². The molecule has 0 aliphatic carbocycles. The van der Waals surface area contributed by atoms with Crippen molar-refractivity contribution in [3.8, 4) is 11.5 Å². The van der Waals surface area contributed by atoms with E-state index in [1.165, 1.54) is 11.3 Å². The lowest BCUT2D eigenvalue weighted by molar-refractivity contribution is 0.0997. The minimum absolute atomic E-state index is 0.232. The lowest BCUT2D eigenvalue weighted by atomic mass is 10.1. The van der Waals surface area contributed by atoms with Crippen LogP contribution in [0.5, 0.6) is 11.5 Å². The van der Waals surface area contributed by atoms with Gasteiger partial charge < -0.3 is 14.0 Å². The molecule has 26 heavy (non-hydrogen) atoms. The maximum absolute atomic E-state index is 12.6. The highest BCUT2D eigenvalue weighted by atomic mass is 32.1. The lowest BCUT2D eigenvalue weighted by Gasteiger charge is -2.08. The summed E-state index contributed by atoms with van der Waals surface area (Å²) in [6.07, 6.45) is 0.937. The van der Waals surface area contributed by atoms with Gasteiger partial charge in [0, 0.05) is 24.2 Å². The second-order valence-electron chi connectivity index (χ2n) is 6.00. The second kappa shape index (κ2) is 7.74. The van der Waals surface area contributed by atoms with Crippen molar-refractivity contribution >= 4 is 27.5 Å². The van der Waals surface area contributed by atoms with Gasteiger partial charge in [0.05, 0.1) is 24.4 Å². The average Bonchev–Trinajstić information content (AvgIpc) is 2.97. The van der Waals surface area contributed by atoms with Crippen molar-refractivity contribution in [2.75, 3.05) is 14.2 Å². The van der Waals surface area contributed by atoms with E-state index in [1.807, 2.05) is 37.3 Å². The summed E-state index contributed by atoms with van der Waals surface area (Å²) in [4.78, 5) is 17.7. The summed E-state index contributed by atoms with van der Waals surface area (Å²) in [6, 6.07) is 11.4. The predicted octanol–water partition coefficient (Wildman–Crippen LogP) is 4.18. The van der Waals surface area contributed by atoms with E-state index in [2.05, 4.69) is 16.5 Å². The van der Waals surface area contributed by atoms with Crippen molar-refractivity contribution in [2.45, 2.75) is 26.8 Å². The molecule has 0 atom stereocenters. The number of amides is 1. The number of aryl methyl sites for hydroxylation is 2. The minimum atomic E-state index is -0.232. The Bertz CT molecular complexity index is 1020. The summed E-state index contributed by atoms with van der Waals surface area (Å²) in [6.45, 7) is 4.84. The van der Waals surface area contributed by atoms with E-state index in [-0.39, 0.29) is 5.91 Å². The molecule has 0 aliphatic rings. The molecular formula is C20H22N2O3S. The topological polar surface area (TPSA) is 52.8 Å². The fraction of sp³-hybridized carbons (Fsp3) is 0.300. The number of hydrogen-bond acceptors (Lipinski definition) is 4. The third kappa shape index (κ3) is 3.51. The Labute approximate surface area is 156 Å². The van der Waals surface area contributed by atoms with E-state index < -0.39 is 0 Å². The zero-order chi connectivity index (χ0) is 18.7.